The van der Waals surface area contributed by atoms with Crippen LogP contribution in [0.4, 0.5) is 4.39 Å². The number of nitrogens with zero attached hydrogens (tertiary/aromatic N) is 7. The number of aromatic amines is 1. The number of hydrogen-bond donors (Lipinski definition) is 1. The molecule has 0 unspecified atom stereocenters. The Morgan fingerprint density at radius 2 is 1.97 bits per heavy atom. The second-order valence-electron chi connectivity index (χ2n) is 9.66. The fourth-order valence-electron chi connectivity index (χ4n) is 5.34. The molecule has 4 aromatic heterocycles. The van der Waals surface area contributed by atoms with Crippen molar-refractivity contribution in [3.63, 3.8) is 0 Å². The van der Waals surface area contributed by atoms with E-state index in [2.05, 4.69) is 29.9 Å². The predicted molar refractivity (Wildman–Crippen MR) is 142 cm³/mol. The first-order valence-electron chi connectivity index (χ1n) is 12.5. The van der Waals surface area contributed by atoms with E-state index in [1.807, 2.05) is 39.6 Å². The molecule has 0 bridgehead atoms. The van der Waals surface area contributed by atoms with Crippen molar-refractivity contribution >= 4 is 28.3 Å². The third kappa shape index (κ3) is 4.07. The Bertz CT molecular complexity index is 1600. The normalized spacial score (nSPS) is 17.2. The van der Waals surface area contributed by atoms with Crippen LogP contribution in [0.25, 0.3) is 32.9 Å². The van der Waals surface area contributed by atoms with Crippen LogP contribution in [0.1, 0.15) is 23.2 Å². The maximum absolute atomic E-state index is 14.7. The number of halogens is 1. The maximum atomic E-state index is 14.7. The fraction of sp³-hybridized carbons (Fsp3) is 0.259. The summed E-state index contributed by atoms with van der Waals surface area (Å²) in [6, 6.07) is 8.32. The van der Waals surface area contributed by atoms with Gasteiger partial charge < -0.3 is 9.88 Å². The Balaban J connectivity index is 0.943. The van der Waals surface area contributed by atoms with Gasteiger partial charge >= 0.3 is 0 Å². The number of amides is 1. The van der Waals surface area contributed by atoms with Crippen molar-refractivity contribution in [3.05, 3.63) is 78.2 Å². The lowest BCUT2D eigenvalue weighted by Crippen LogP contribution is -2.56. The number of likely N-dealkylation sites (tertiary alicyclic amines) is 2. The number of nitrogens with one attached hydrogen (secondary N) is 1. The molecule has 11 heteroatoms. The van der Waals surface area contributed by atoms with E-state index in [1.54, 1.807) is 24.7 Å². The fourth-order valence-corrected chi connectivity index (χ4v) is 6.01. The molecule has 1 aromatic carbocycles. The molecule has 0 spiro atoms. The van der Waals surface area contributed by atoms with Gasteiger partial charge in [0.25, 0.3) is 5.91 Å². The van der Waals surface area contributed by atoms with Gasteiger partial charge in [-0.2, -0.15) is 5.10 Å². The first kappa shape index (κ1) is 23.2. The Kier molecular flexibility index (Phi) is 5.74. The summed E-state index contributed by atoms with van der Waals surface area (Å²) in [4.78, 5) is 33.3. The number of rotatable bonds is 5. The molecule has 38 heavy (non-hydrogen) atoms. The number of fused-ring (bicyclic) bond motifs is 1. The highest BCUT2D eigenvalue weighted by atomic mass is 32.1. The molecule has 1 amide bonds. The van der Waals surface area contributed by atoms with Crippen molar-refractivity contribution in [2.24, 2.45) is 0 Å². The van der Waals surface area contributed by atoms with Crippen LogP contribution in [-0.2, 0) is 0 Å². The molecule has 1 N–H and O–H groups in total. The number of piperidine rings is 1. The van der Waals surface area contributed by atoms with Crippen LogP contribution in [0.3, 0.4) is 0 Å². The number of hydrogen-bond acceptors (Lipinski definition) is 7. The molecule has 2 saturated heterocycles. The first-order chi connectivity index (χ1) is 18.6. The third-order valence-electron chi connectivity index (χ3n) is 7.45. The molecule has 0 saturated carbocycles. The minimum absolute atomic E-state index is 0.116. The average Bonchev–Trinajstić information content (AvgIpc) is 3.70. The van der Waals surface area contributed by atoms with Gasteiger partial charge in [0.15, 0.2) is 0 Å². The van der Waals surface area contributed by atoms with E-state index >= 15 is 0 Å². The summed E-state index contributed by atoms with van der Waals surface area (Å²) >= 11 is 1.38. The van der Waals surface area contributed by atoms with Crippen LogP contribution in [0.15, 0.2) is 60.8 Å². The Morgan fingerprint density at radius 3 is 2.76 bits per heavy atom. The molecule has 9 nitrogen and oxygen atoms in total. The highest BCUT2D eigenvalue weighted by Gasteiger charge is 2.37. The largest absolute Gasteiger partial charge is 0.346 e. The van der Waals surface area contributed by atoms with Gasteiger partial charge in [-0.05, 0) is 37.1 Å². The molecule has 2 fully saturated rings. The summed E-state index contributed by atoms with van der Waals surface area (Å²) in [5, 5.41) is 7.98. The number of thiazole rings is 1. The van der Waals surface area contributed by atoms with Crippen molar-refractivity contribution in [2.75, 3.05) is 26.2 Å². The van der Waals surface area contributed by atoms with Gasteiger partial charge in [-0.3, -0.25) is 14.4 Å². The lowest BCUT2D eigenvalue weighted by atomic mass is 9.97. The summed E-state index contributed by atoms with van der Waals surface area (Å²) in [6.45, 7) is 3.04. The summed E-state index contributed by atoms with van der Waals surface area (Å²) in [5.41, 5.74) is 3.46. The zero-order chi connectivity index (χ0) is 25.6. The van der Waals surface area contributed by atoms with Crippen LogP contribution >= 0.6 is 11.3 Å². The second kappa shape index (κ2) is 9.41. The number of benzene rings is 1. The van der Waals surface area contributed by atoms with Gasteiger partial charge in [-0.25, -0.2) is 19.3 Å². The van der Waals surface area contributed by atoms with E-state index in [0.29, 0.717) is 35.3 Å². The van der Waals surface area contributed by atoms with E-state index in [-0.39, 0.29) is 5.91 Å². The average molecular weight is 528 g/mol. The van der Waals surface area contributed by atoms with Crippen molar-refractivity contribution in [1.82, 2.24) is 39.5 Å². The van der Waals surface area contributed by atoms with Gasteiger partial charge in [-0.1, -0.05) is 0 Å². The molecule has 1 radical (unpaired) electrons. The Hall–Kier alpha value is -3.96. The van der Waals surface area contributed by atoms with E-state index in [1.165, 1.54) is 23.4 Å². The van der Waals surface area contributed by atoms with Crippen LogP contribution in [0.5, 0.6) is 0 Å². The molecule has 6 heterocycles. The Morgan fingerprint density at radius 1 is 1.11 bits per heavy atom. The summed E-state index contributed by atoms with van der Waals surface area (Å²) in [5.74, 6) is -0.530. The molecule has 2 aliphatic heterocycles. The van der Waals surface area contributed by atoms with Crippen LogP contribution in [0, 0.1) is 11.9 Å². The summed E-state index contributed by atoms with van der Waals surface area (Å²) < 4.78 is 16.6. The van der Waals surface area contributed by atoms with Crippen molar-refractivity contribution in [1.29, 1.82) is 0 Å². The van der Waals surface area contributed by atoms with Crippen LogP contribution < -0.4 is 0 Å². The van der Waals surface area contributed by atoms with Gasteiger partial charge in [0.1, 0.15) is 28.8 Å². The Labute approximate surface area is 222 Å². The van der Waals surface area contributed by atoms with E-state index < -0.39 is 5.82 Å². The highest BCUT2D eigenvalue weighted by molar-refractivity contribution is 7.13. The van der Waals surface area contributed by atoms with E-state index in [4.69, 9.17) is 0 Å². The summed E-state index contributed by atoms with van der Waals surface area (Å²) in [6.07, 6.45) is 10.7. The van der Waals surface area contributed by atoms with Crippen molar-refractivity contribution in [3.8, 4) is 21.8 Å². The molecule has 2 aliphatic rings. The molecule has 5 aromatic rings. The summed E-state index contributed by atoms with van der Waals surface area (Å²) in [7, 11) is 0. The quantitative estimate of drug-likeness (QED) is 0.370. The van der Waals surface area contributed by atoms with Gasteiger partial charge in [0.05, 0.1) is 11.9 Å². The van der Waals surface area contributed by atoms with Gasteiger partial charge in [0, 0.05) is 78.3 Å². The highest BCUT2D eigenvalue weighted by Crippen LogP contribution is 2.31. The topological polar surface area (TPSA) is 95.8 Å². The predicted octanol–water partition coefficient (Wildman–Crippen LogP) is 4.08. The zero-order valence-corrected chi connectivity index (χ0v) is 21.2. The van der Waals surface area contributed by atoms with Crippen molar-refractivity contribution in [2.45, 2.75) is 18.9 Å². The third-order valence-corrected chi connectivity index (χ3v) is 8.26. The van der Waals surface area contributed by atoms with Gasteiger partial charge in [-0.15, -0.1) is 11.3 Å². The van der Waals surface area contributed by atoms with Crippen LogP contribution in [-0.4, -0.2) is 77.6 Å². The number of H-pyrrole nitrogens is 1. The van der Waals surface area contributed by atoms with E-state index in [9.17, 15) is 9.18 Å². The number of carbonyl (C=O) groups is 1. The molecular weight excluding hydrogens is 503 g/mol. The van der Waals surface area contributed by atoms with E-state index in [0.717, 1.165) is 48.2 Å². The number of carbonyl (C=O) groups excluding carboxylic acids is 1. The lowest BCUT2D eigenvalue weighted by molar-refractivity contribution is 0.0514. The van der Waals surface area contributed by atoms with Crippen molar-refractivity contribution < 1.29 is 9.18 Å². The number of aromatic nitrogens is 6. The minimum Gasteiger partial charge on any atom is -0.346 e. The molecular formula is C27H24FN8OS. The maximum Gasteiger partial charge on any atom is 0.253 e. The smallest absolute Gasteiger partial charge is 0.253 e. The minimum atomic E-state index is -0.414. The molecule has 0 atom stereocenters. The first-order valence-corrected chi connectivity index (χ1v) is 13.4. The van der Waals surface area contributed by atoms with Crippen LogP contribution in [0.2, 0.25) is 0 Å². The molecule has 191 valence electrons. The zero-order valence-electron chi connectivity index (χ0n) is 20.4. The van der Waals surface area contributed by atoms with Gasteiger partial charge in [0.2, 0.25) is 0 Å². The monoisotopic (exact) mass is 527 g/mol. The molecule has 0 aliphatic carbocycles. The lowest BCUT2D eigenvalue weighted by Gasteiger charge is -2.46. The molecule has 7 rings (SSSR count). The second-order valence-corrected chi connectivity index (χ2v) is 10.6. The SMILES string of the molecule is O=C(c1ccc(-c2nccs2)c(F)c1)N1CCC(N2C[C](n3cc(-c4ncnc5[nH]ccc45)cn3)C2)CC1. The standard InChI is InChI=1S/C27H24FN8OS/c28-23-11-17(1-2-21(23)26-30-7-10-38-26)27(37)34-8-4-19(5-9-34)35-14-20(15-35)36-13-18(12-33-36)24-22-3-6-29-25(22)32-16-31-24/h1-3,6-7,10-13,16,19H,4-5,8-9,14-15H2,(H,29,31,32).